The van der Waals surface area contributed by atoms with Crippen LogP contribution in [-0.2, 0) is 12.8 Å². The van der Waals surface area contributed by atoms with E-state index in [1.807, 2.05) is 31.2 Å². The van der Waals surface area contributed by atoms with Gasteiger partial charge in [-0.05, 0) is 43.4 Å². The summed E-state index contributed by atoms with van der Waals surface area (Å²) in [6, 6.07) is 18.5. The fraction of sp³-hybridized carbons (Fsp3) is 0.316. The zero-order valence-corrected chi connectivity index (χ0v) is 12.8. The molecule has 1 N–H and O–H groups in total. The number of carbonyl (C=O) groups is 1. The van der Waals surface area contributed by atoms with Crippen molar-refractivity contribution in [3.05, 3.63) is 71.3 Å². The van der Waals surface area contributed by atoms with Crippen molar-refractivity contribution < 1.29 is 4.79 Å². The molecule has 2 heteroatoms. The molecule has 2 aromatic rings. The van der Waals surface area contributed by atoms with Gasteiger partial charge in [0.05, 0.1) is 0 Å². The Labute approximate surface area is 127 Å². The molecule has 0 unspecified atom stereocenters. The van der Waals surface area contributed by atoms with E-state index in [1.165, 1.54) is 5.56 Å². The van der Waals surface area contributed by atoms with Gasteiger partial charge in [-0.3, -0.25) is 4.79 Å². The van der Waals surface area contributed by atoms with E-state index in [1.54, 1.807) is 0 Å². The molecule has 21 heavy (non-hydrogen) atoms. The summed E-state index contributed by atoms with van der Waals surface area (Å²) in [7, 11) is 0. The molecule has 0 spiro atoms. The van der Waals surface area contributed by atoms with Gasteiger partial charge in [-0.15, -0.1) is 0 Å². The van der Waals surface area contributed by atoms with Crippen LogP contribution in [0.1, 0.15) is 41.8 Å². The lowest BCUT2D eigenvalue weighted by molar-refractivity contribution is 0.0938. The molecule has 0 fully saturated rings. The lowest BCUT2D eigenvalue weighted by Gasteiger charge is -2.14. The lowest BCUT2D eigenvalue weighted by atomic mass is 9.99. The Kier molecular flexibility index (Phi) is 5.56. The SMILES string of the molecule is CC[C@H](C)NC(=O)c1ccccc1CCc1ccccc1. The van der Waals surface area contributed by atoms with E-state index in [4.69, 9.17) is 0 Å². The predicted molar refractivity (Wildman–Crippen MR) is 87.5 cm³/mol. The quantitative estimate of drug-likeness (QED) is 0.852. The first-order valence-electron chi connectivity index (χ1n) is 7.63. The van der Waals surface area contributed by atoms with Crippen molar-refractivity contribution in [2.75, 3.05) is 0 Å². The Morgan fingerprint density at radius 3 is 2.38 bits per heavy atom. The molecule has 1 amide bonds. The minimum atomic E-state index is 0.0352. The maximum atomic E-state index is 12.3. The molecule has 0 saturated heterocycles. The Hall–Kier alpha value is -2.09. The summed E-state index contributed by atoms with van der Waals surface area (Å²) >= 11 is 0. The van der Waals surface area contributed by atoms with E-state index in [0.29, 0.717) is 0 Å². The number of rotatable bonds is 6. The van der Waals surface area contributed by atoms with Crippen molar-refractivity contribution >= 4 is 5.91 Å². The first-order valence-corrected chi connectivity index (χ1v) is 7.63. The minimum absolute atomic E-state index is 0.0352. The smallest absolute Gasteiger partial charge is 0.251 e. The van der Waals surface area contributed by atoms with E-state index in [2.05, 4.69) is 42.6 Å². The molecule has 0 heterocycles. The maximum absolute atomic E-state index is 12.3. The fourth-order valence-corrected chi connectivity index (χ4v) is 2.29. The predicted octanol–water partition coefficient (Wildman–Crippen LogP) is 4.00. The molecule has 0 radical (unpaired) electrons. The largest absolute Gasteiger partial charge is 0.350 e. The highest BCUT2D eigenvalue weighted by molar-refractivity contribution is 5.95. The number of carbonyl (C=O) groups excluding carboxylic acids is 1. The van der Waals surface area contributed by atoms with Crippen LogP contribution in [0.5, 0.6) is 0 Å². The Morgan fingerprint density at radius 2 is 1.67 bits per heavy atom. The molecule has 2 nitrogen and oxygen atoms in total. The van der Waals surface area contributed by atoms with Crippen molar-refractivity contribution in [1.29, 1.82) is 0 Å². The van der Waals surface area contributed by atoms with Crippen LogP contribution in [0.4, 0.5) is 0 Å². The molecule has 0 aliphatic carbocycles. The van der Waals surface area contributed by atoms with E-state index in [9.17, 15) is 4.79 Å². The number of amides is 1. The molecular formula is C19H23NO. The fourth-order valence-electron chi connectivity index (χ4n) is 2.29. The summed E-state index contributed by atoms with van der Waals surface area (Å²) in [5.41, 5.74) is 3.21. The Morgan fingerprint density at radius 1 is 1.00 bits per heavy atom. The number of hydrogen-bond donors (Lipinski definition) is 1. The number of nitrogens with one attached hydrogen (secondary N) is 1. The molecule has 0 aliphatic heterocycles. The summed E-state index contributed by atoms with van der Waals surface area (Å²) in [5, 5.41) is 3.05. The normalized spacial score (nSPS) is 11.9. The molecule has 0 aromatic heterocycles. The summed E-state index contributed by atoms with van der Waals surface area (Å²) in [4.78, 5) is 12.3. The highest BCUT2D eigenvalue weighted by atomic mass is 16.1. The molecule has 0 bridgehead atoms. The minimum Gasteiger partial charge on any atom is -0.350 e. The third kappa shape index (κ3) is 4.45. The molecule has 1 atom stereocenters. The molecular weight excluding hydrogens is 258 g/mol. The van der Waals surface area contributed by atoms with Crippen LogP contribution < -0.4 is 5.32 Å². The van der Waals surface area contributed by atoms with Crippen LogP contribution in [0.3, 0.4) is 0 Å². The zero-order chi connectivity index (χ0) is 15.1. The van der Waals surface area contributed by atoms with Crippen LogP contribution in [0.15, 0.2) is 54.6 Å². The van der Waals surface area contributed by atoms with E-state index < -0.39 is 0 Å². The summed E-state index contributed by atoms with van der Waals surface area (Å²) in [6.45, 7) is 4.11. The van der Waals surface area contributed by atoms with E-state index in [-0.39, 0.29) is 11.9 Å². The van der Waals surface area contributed by atoms with Gasteiger partial charge in [-0.2, -0.15) is 0 Å². The number of hydrogen-bond acceptors (Lipinski definition) is 1. The number of benzene rings is 2. The van der Waals surface area contributed by atoms with Crippen LogP contribution in [0, 0.1) is 0 Å². The van der Waals surface area contributed by atoms with E-state index >= 15 is 0 Å². The topological polar surface area (TPSA) is 29.1 Å². The maximum Gasteiger partial charge on any atom is 0.251 e. The average molecular weight is 281 g/mol. The van der Waals surface area contributed by atoms with Crippen molar-refractivity contribution in [2.24, 2.45) is 0 Å². The van der Waals surface area contributed by atoms with Gasteiger partial charge in [0.1, 0.15) is 0 Å². The molecule has 0 saturated carbocycles. The molecule has 110 valence electrons. The molecule has 0 aliphatic rings. The van der Waals surface area contributed by atoms with Crippen molar-refractivity contribution in [3.8, 4) is 0 Å². The van der Waals surface area contributed by atoms with Crippen molar-refractivity contribution in [1.82, 2.24) is 5.32 Å². The zero-order valence-electron chi connectivity index (χ0n) is 12.8. The number of aryl methyl sites for hydroxylation is 2. The van der Waals surface area contributed by atoms with Gasteiger partial charge in [0, 0.05) is 11.6 Å². The Bertz CT molecular complexity index is 577. The van der Waals surface area contributed by atoms with Crippen LogP contribution in [-0.4, -0.2) is 11.9 Å². The Balaban J connectivity index is 2.08. The first kappa shape index (κ1) is 15.3. The highest BCUT2D eigenvalue weighted by Crippen LogP contribution is 2.13. The summed E-state index contributed by atoms with van der Waals surface area (Å²) in [6.07, 6.45) is 2.78. The second-order valence-electron chi connectivity index (χ2n) is 5.43. The van der Waals surface area contributed by atoms with Crippen molar-refractivity contribution in [3.63, 3.8) is 0 Å². The van der Waals surface area contributed by atoms with Crippen LogP contribution >= 0.6 is 0 Å². The van der Waals surface area contributed by atoms with E-state index in [0.717, 1.165) is 30.4 Å². The second kappa shape index (κ2) is 7.63. The van der Waals surface area contributed by atoms with Gasteiger partial charge in [-0.25, -0.2) is 0 Å². The third-order valence-electron chi connectivity index (χ3n) is 3.78. The third-order valence-corrected chi connectivity index (χ3v) is 3.78. The monoisotopic (exact) mass is 281 g/mol. The van der Waals surface area contributed by atoms with Gasteiger partial charge in [0.2, 0.25) is 0 Å². The molecule has 2 rings (SSSR count). The van der Waals surface area contributed by atoms with Gasteiger partial charge in [-0.1, -0.05) is 55.5 Å². The van der Waals surface area contributed by atoms with Gasteiger partial charge >= 0.3 is 0 Å². The summed E-state index contributed by atoms with van der Waals surface area (Å²) in [5.74, 6) is 0.0352. The van der Waals surface area contributed by atoms with Gasteiger partial charge in [0.15, 0.2) is 0 Å². The van der Waals surface area contributed by atoms with Crippen LogP contribution in [0.2, 0.25) is 0 Å². The molecule has 2 aromatic carbocycles. The summed E-state index contributed by atoms with van der Waals surface area (Å²) < 4.78 is 0. The lowest BCUT2D eigenvalue weighted by Crippen LogP contribution is -2.32. The first-order chi connectivity index (χ1) is 10.2. The standard InChI is InChI=1S/C19H23NO/c1-3-15(2)20-19(21)18-12-8-7-11-17(18)14-13-16-9-5-4-6-10-16/h4-12,15H,3,13-14H2,1-2H3,(H,20,21)/t15-/m0/s1. The van der Waals surface area contributed by atoms with Crippen LogP contribution in [0.25, 0.3) is 0 Å². The van der Waals surface area contributed by atoms with Gasteiger partial charge in [0.25, 0.3) is 5.91 Å². The second-order valence-corrected chi connectivity index (χ2v) is 5.43. The van der Waals surface area contributed by atoms with Crippen molar-refractivity contribution in [2.45, 2.75) is 39.2 Å². The average Bonchev–Trinajstić information content (AvgIpc) is 2.54. The van der Waals surface area contributed by atoms with Gasteiger partial charge < -0.3 is 5.32 Å². The highest BCUT2D eigenvalue weighted by Gasteiger charge is 2.12.